The van der Waals surface area contributed by atoms with Crippen LogP contribution in [0.2, 0.25) is 0 Å². The van der Waals surface area contributed by atoms with E-state index < -0.39 is 16.4 Å². The normalized spacial score (nSPS) is 14.3. The largest absolute Gasteiger partial charge is 0.502 e. The van der Waals surface area contributed by atoms with Crippen LogP contribution in [0.1, 0.15) is 19.8 Å². The third-order valence-corrected chi connectivity index (χ3v) is 3.27. The number of benzene rings is 1. The monoisotopic (exact) mass is 279 g/mol. The van der Waals surface area contributed by atoms with Crippen molar-refractivity contribution in [2.24, 2.45) is 0 Å². The zero-order valence-electron chi connectivity index (χ0n) is 11.2. The van der Waals surface area contributed by atoms with Crippen molar-refractivity contribution < 1.29 is 14.8 Å². The van der Waals surface area contributed by atoms with Crippen molar-refractivity contribution in [2.75, 3.05) is 18.4 Å². The second kappa shape index (κ2) is 5.87. The molecule has 1 aliphatic rings. The third kappa shape index (κ3) is 3.45. The van der Waals surface area contributed by atoms with E-state index in [-0.39, 0.29) is 12.5 Å². The number of phenols is 1. The molecule has 0 aromatic heterocycles. The molecule has 0 saturated heterocycles. The van der Waals surface area contributed by atoms with Crippen molar-refractivity contribution in [2.45, 2.75) is 25.8 Å². The molecule has 0 heterocycles. The molecule has 7 nitrogen and oxygen atoms in total. The number of likely N-dealkylation sites (N-methyl/N-ethyl adjacent to an activating group) is 1. The van der Waals surface area contributed by atoms with Gasteiger partial charge in [0.1, 0.15) is 0 Å². The molecule has 1 aliphatic carbocycles. The van der Waals surface area contributed by atoms with Crippen LogP contribution in [0, 0.1) is 10.1 Å². The van der Waals surface area contributed by atoms with E-state index >= 15 is 0 Å². The summed E-state index contributed by atoms with van der Waals surface area (Å²) in [7, 11) is 0. The van der Waals surface area contributed by atoms with Crippen molar-refractivity contribution in [3.63, 3.8) is 0 Å². The predicted octanol–water partition coefficient (Wildman–Crippen LogP) is 1.72. The van der Waals surface area contributed by atoms with Gasteiger partial charge in [-0.15, -0.1) is 0 Å². The molecule has 108 valence electrons. The van der Waals surface area contributed by atoms with Crippen LogP contribution in [0.4, 0.5) is 11.4 Å². The van der Waals surface area contributed by atoms with E-state index in [9.17, 15) is 20.0 Å². The molecule has 0 spiro atoms. The van der Waals surface area contributed by atoms with Crippen LogP contribution in [0.25, 0.3) is 0 Å². The number of anilines is 1. The Hall–Kier alpha value is -2.15. The number of nitro groups is 1. The van der Waals surface area contributed by atoms with Gasteiger partial charge in [0.2, 0.25) is 5.91 Å². The van der Waals surface area contributed by atoms with Gasteiger partial charge in [0.15, 0.2) is 5.75 Å². The Balaban J connectivity index is 2.00. The predicted molar refractivity (Wildman–Crippen MR) is 73.7 cm³/mol. The van der Waals surface area contributed by atoms with E-state index in [0.29, 0.717) is 11.7 Å². The number of nitrogens with zero attached hydrogens (tertiary/aromatic N) is 2. The first-order chi connectivity index (χ1) is 9.51. The number of carbonyl (C=O) groups is 1. The number of hydrogen-bond donors (Lipinski definition) is 2. The number of hydrogen-bond acceptors (Lipinski definition) is 5. The van der Waals surface area contributed by atoms with Crippen molar-refractivity contribution >= 4 is 17.3 Å². The summed E-state index contributed by atoms with van der Waals surface area (Å²) in [4.78, 5) is 24.0. The van der Waals surface area contributed by atoms with Gasteiger partial charge in [-0.2, -0.15) is 0 Å². The van der Waals surface area contributed by atoms with E-state index in [4.69, 9.17) is 0 Å². The van der Waals surface area contributed by atoms with Crippen LogP contribution in [0.5, 0.6) is 5.75 Å². The van der Waals surface area contributed by atoms with Crippen molar-refractivity contribution in [1.29, 1.82) is 0 Å². The number of aromatic hydroxyl groups is 1. The quantitative estimate of drug-likeness (QED) is 0.469. The van der Waals surface area contributed by atoms with E-state index in [1.165, 1.54) is 12.1 Å². The highest BCUT2D eigenvalue weighted by Gasteiger charge is 2.29. The van der Waals surface area contributed by atoms with Crippen LogP contribution in [-0.4, -0.2) is 40.0 Å². The lowest BCUT2D eigenvalue weighted by atomic mass is 10.2. The Morgan fingerprint density at radius 1 is 1.55 bits per heavy atom. The molecule has 1 aromatic rings. The molecule has 2 rings (SSSR count). The summed E-state index contributed by atoms with van der Waals surface area (Å²) in [6.07, 6.45) is 2.23. The summed E-state index contributed by atoms with van der Waals surface area (Å²) in [5.74, 6) is -0.625. The van der Waals surface area contributed by atoms with Crippen molar-refractivity contribution in [3.05, 3.63) is 28.3 Å². The Kier molecular flexibility index (Phi) is 4.19. The summed E-state index contributed by atoms with van der Waals surface area (Å²) in [5, 5.41) is 22.7. The molecule has 2 N–H and O–H groups in total. The van der Waals surface area contributed by atoms with E-state index in [2.05, 4.69) is 10.2 Å². The molecule has 7 heteroatoms. The highest BCUT2D eigenvalue weighted by Crippen LogP contribution is 2.29. The highest BCUT2D eigenvalue weighted by molar-refractivity contribution is 5.92. The number of nitro benzene ring substituents is 1. The van der Waals surface area contributed by atoms with E-state index in [1.807, 2.05) is 6.92 Å². The fraction of sp³-hybridized carbons (Fsp3) is 0.462. The molecule has 1 fully saturated rings. The first-order valence-corrected chi connectivity index (χ1v) is 6.52. The van der Waals surface area contributed by atoms with Crippen LogP contribution in [0.3, 0.4) is 0 Å². The van der Waals surface area contributed by atoms with Crippen LogP contribution < -0.4 is 5.32 Å². The van der Waals surface area contributed by atoms with Crippen LogP contribution >= 0.6 is 0 Å². The number of carbonyl (C=O) groups excluding carboxylic acids is 1. The minimum atomic E-state index is -0.687. The molecule has 1 amide bonds. The zero-order chi connectivity index (χ0) is 14.7. The standard InChI is InChI=1S/C13H17N3O4/c1-2-15(10-4-5-10)8-13(18)14-9-3-6-12(17)11(7-9)16(19)20/h3,6-7,10,17H,2,4-5,8H2,1H3,(H,14,18). The Bertz CT molecular complexity index is 528. The Morgan fingerprint density at radius 3 is 2.80 bits per heavy atom. The molecular weight excluding hydrogens is 262 g/mol. The van der Waals surface area contributed by atoms with Gasteiger partial charge in [-0.1, -0.05) is 6.92 Å². The second-order valence-corrected chi connectivity index (χ2v) is 4.80. The van der Waals surface area contributed by atoms with E-state index in [1.54, 1.807) is 0 Å². The van der Waals surface area contributed by atoms with Gasteiger partial charge >= 0.3 is 5.69 Å². The van der Waals surface area contributed by atoms with Crippen LogP contribution in [-0.2, 0) is 4.79 Å². The van der Waals surface area contributed by atoms with Crippen LogP contribution in [0.15, 0.2) is 18.2 Å². The lowest BCUT2D eigenvalue weighted by molar-refractivity contribution is -0.385. The molecule has 1 aromatic carbocycles. The van der Waals surface area contributed by atoms with Gasteiger partial charge in [-0.3, -0.25) is 19.8 Å². The number of amides is 1. The maximum absolute atomic E-state index is 11.9. The molecule has 0 aliphatic heterocycles. The average Bonchev–Trinajstić information content (AvgIpc) is 3.22. The second-order valence-electron chi connectivity index (χ2n) is 4.80. The summed E-state index contributed by atoms with van der Waals surface area (Å²) in [5.41, 5.74) is -0.108. The molecule has 0 unspecified atom stereocenters. The summed E-state index contributed by atoms with van der Waals surface area (Å²) < 4.78 is 0. The van der Waals surface area contributed by atoms with Gasteiger partial charge in [0.25, 0.3) is 0 Å². The van der Waals surface area contributed by atoms with Gasteiger partial charge in [-0.25, -0.2) is 0 Å². The minimum absolute atomic E-state index is 0.210. The van der Waals surface area contributed by atoms with Gasteiger partial charge in [0, 0.05) is 17.8 Å². The van der Waals surface area contributed by atoms with Crippen molar-refractivity contribution in [1.82, 2.24) is 4.90 Å². The third-order valence-electron chi connectivity index (χ3n) is 3.27. The van der Waals surface area contributed by atoms with Gasteiger partial charge in [0.05, 0.1) is 11.5 Å². The first-order valence-electron chi connectivity index (χ1n) is 6.52. The molecule has 1 saturated carbocycles. The number of nitrogens with one attached hydrogen (secondary N) is 1. The number of phenolic OH excluding ortho intramolecular Hbond substituents is 1. The minimum Gasteiger partial charge on any atom is -0.502 e. The smallest absolute Gasteiger partial charge is 0.312 e. The molecule has 0 atom stereocenters. The highest BCUT2D eigenvalue weighted by atomic mass is 16.6. The molecule has 20 heavy (non-hydrogen) atoms. The molecular formula is C13H17N3O4. The maximum atomic E-state index is 11.9. The Morgan fingerprint density at radius 2 is 2.25 bits per heavy atom. The maximum Gasteiger partial charge on any atom is 0.312 e. The summed E-state index contributed by atoms with van der Waals surface area (Å²) in [6.45, 7) is 3.07. The lowest BCUT2D eigenvalue weighted by Gasteiger charge is -2.18. The SMILES string of the molecule is CCN(CC(=O)Nc1ccc(O)c([N+](=O)[O-])c1)C1CC1. The fourth-order valence-corrected chi connectivity index (χ4v) is 2.07. The lowest BCUT2D eigenvalue weighted by Crippen LogP contribution is -2.34. The first kappa shape index (κ1) is 14.3. The van der Waals surface area contributed by atoms with Crippen molar-refractivity contribution in [3.8, 4) is 5.75 Å². The summed E-state index contributed by atoms with van der Waals surface area (Å²) >= 11 is 0. The van der Waals surface area contributed by atoms with Gasteiger partial charge < -0.3 is 10.4 Å². The number of rotatable bonds is 6. The average molecular weight is 279 g/mol. The van der Waals surface area contributed by atoms with E-state index in [0.717, 1.165) is 25.5 Å². The zero-order valence-corrected chi connectivity index (χ0v) is 11.2. The summed E-state index contributed by atoms with van der Waals surface area (Å²) in [6, 6.07) is 4.28. The Labute approximate surface area is 116 Å². The van der Waals surface area contributed by atoms with Gasteiger partial charge in [-0.05, 0) is 31.5 Å². The molecule has 0 bridgehead atoms. The fourth-order valence-electron chi connectivity index (χ4n) is 2.07. The topological polar surface area (TPSA) is 95.7 Å². The molecule has 0 radical (unpaired) electrons.